The van der Waals surface area contributed by atoms with Crippen LogP contribution in [-0.4, -0.2) is 22.4 Å². The van der Waals surface area contributed by atoms with E-state index in [0.717, 1.165) is 9.35 Å². The molecular formula is C5H10IN5S2. The number of hydrogen-bond acceptors (Lipinski definition) is 5. The molecule has 0 spiro atoms. The molecule has 4 N–H and O–H groups in total. The van der Waals surface area contributed by atoms with Gasteiger partial charge in [-0.05, 0) is 6.26 Å². The molecule has 0 amide bonds. The summed E-state index contributed by atoms with van der Waals surface area (Å²) in [5.41, 5.74) is 10.3. The number of guanidine groups is 1. The summed E-state index contributed by atoms with van der Waals surface area (Å²) < 4.78 is 0.927. The van der Waals surface area contributed by atoms with Gasteiger partial charge in [-0.3, -0.25) is 0 Å². The number of nitrogens with zero attached hydrogens (tertiary/aromatic N) is 3. The predicted octanol–water partition coefficient (Wildman–Crippen LogP) is 0.651. The van der Waals surface area contributed by atoms with Crippen molar-refractivity contribution < 1.29 is 0 Å². The lowest BCUT2D eigenvalue weighted by atomic mass is 10.7. The number of aromatic nitrogens is 2. The van der Waals surface area contributed by atoms with Crippen LogP contribution in [0.15, 0.2) is 9.33 Å². The van der Waals surface area contributed by atoms with E-state index in [1.165, 1.54) is 11.3 Å². The van der Waals surface area contributed by atoms with Crippen molar-refractivity contribution in [1.82, 2.24) is 10.2 Å². The number of thioether (sulfide) groups is 1. The van der Waals surface area contributed by atoms with Gasteiger partial charge < -0.3 is 11.5 Å². The molecule has 0 saturated heterocycles. The molecule has 0 unspecified atom stereocenters. The minimum atomic E-state index is 0. The Morgan fingerprint density at radius 1 is 1.54 bits per heavy atom. The molecule has 1 aromatic rings. The maximum absolute atomic E-state index is 5.16. The molecule has 1 heterocycles. The average Bonchev–Trinajstić information content (AvgIpc) is 2.48. The Balaban J connectivity index is 0.00000144. The molecule has 0 bridgehead atoms. The van der Waals surface area contributed by atoms with Crippen LogP contribution in [0.2, 0.25) is 0 Å². The van der Waals surface area contributed by atoms with Crippen LogP contribution < -0.4 is 11.5 Å². The maximum atomic E-state index is 5.16. The van der Waals surface area contributed by atoms with Crippen molar-refractivity contribution in [3.63, 3.8) is 0 Å². The van der Waals surface area contributed by atoms with Gasteiger partial charge in [0.15, 0.2) is 10.3 Å². The van der Waals surface area contributed by atoms with E-state index in [0.29, 0.717) is 6.54 Å². The smallest absolute Gasteiger partial charge is 0.186 e. The average molecular weight is 331 g/mol. The number of rotatable bonds is 3. The Kier molecular flexibility index (Phi) is 6.33. The van der Waals surface area contributed by atoms with E-state index in [2.05, 4.69) is 15.2 Å². The van der Waals surface area contributed by atoms with Crippen molar-refractivity contribution >= 4 is 53.0 Å². The molecule has 0 aromatic carbocycles. The molecule has 0 fully saturated rings. The lowest BCUT2D eigenvalue weighted by molar-refractivity contribution is 0.925. The predicted molar refractivity (Wildman–Crippen MR) is 66.6 cm³/mol. The molecule has 8 heteroatoms. The van der Waals surface area contributed by atoms with E-state index in [1.807, 2.05) is 6.26 Å². The van der Waals surface area contributed by atoms with Crippen molar-refractivity contribution in [2.45, 2.75) is 10.9 Å². The minimum Gasteiger partial charge on any atom is -0.370 e. The van der Waals surface area contributed by atoms with Gasteiger partial charge in [-0.25, -0.2) is 4.99 Å². The second-order valence-electron chi connectivity index (χ2n) is 1.91. The summed E-state index contributed by atoms with van der Waals surface area (Å²) in [5, 5.41) is 8.61. The number of nitrogens with two attached hydrogens (primary N) is 2. The molecule has 0 aliphatic rings. The summed E-state index contributed by atoms with van der Waals surface area (Å²) in [4.78, 5) is 3.81. The van der Waals surface area contributed by atoms with Gasteiger partial charge in [-0.15, -0.1) is 34.2 Å². The second kappa shape index (κ2) is 6.38. The molecule has 0 atom stereocenters. The third-order valence-corrected chi connectivity index (χ3v) is 2.90. The number of halogens is 1. The van der Waals surface area contributed by atoms with Gasteiger partial charge in [-0.2, -0.15) is 0 Å². The van der Waals surface area contributed by atoms with Crippen LogP contribution in [0.3, 0.4) is 0 Å². The van der Waals surface area contributed by atoms with Crippen LogP contribution in [0.5, 0.6) is 0 Å². The zero-order chi connectivity index (χ0) is 8.97. The van der Waals surface area contributed by atoms with Crippen molar-refractivity contribution in [1.29, 1.82) is 0 Å². The first-order chi connectivity index (χ1) is 5.72. The van der Waals surface area contributed by atoms with Gasteiger partial charge in [0.2, 0.25) is 0 Å². The molecule has 0 saturated carbocycles. The van der Waals surface area contributed by atoms with Crippen molar-refractivity contribution in [2.24, 2.45) is 16.5 Å². The fourth-order valence-corrected chi connectivity index (χ4v) is 1.78. The van der Waals surface area contributed by atoms with Crippen molar-refractivity contribution in [3.05, 3.63) is 5.01 Å². The maximum Gasteiger partial charge on any atom is 0.186 e. The van der Waals surface area contributed by atoms with Crippen LogP contribution in [0.25, 0.3) is 0 Å². The molecule has 74 valence electrons. The summed E-state index contributed by atoms with van der Waals surface area (Å²) in [5.74, 6) is 0.0795. The first-order valence-electron chi connectivity index (χ1n) is 3.14. The third-order valence-electron chi connectivity index (χ3n) is 1.02. The lowest BCUT2D eigenvalue weighted by Crippen LogP contribution is -2.22. The summed E-state index contributed by atoms with van der Waals surface area (Å²) in [6.45, 7) is 0.417. The highest BCUT2D eigenvalue weighted by Crippen LogP contribution is 2.19. The zero-order valence-electron chi connectivity index (χ0n) is 6.93. The highest BCUT2D eigenvalue weighted by atomic mass is 127. The van der Waals surface area contributed by atoms with E-state index in [4.69, 9.17) is 11.5 Å². The number of aliphatic imine (C=N–C) groups is 1. The Morgan fingerprint density at radius 3 is 2.69 bits per heavy atom. The molecule has 0 aliphatic carbocycles. The minimum absolute atomic E-state index is 0. The number of hydrogen-bond donors (Lipinski definition) is 2. The molecule has 1 aromatic heterocycles. The molecule has 13 heavy (non-hydrogen) atoms. The van der Waals surface area contributed by atoms with E-state index < -0.39 is 0 Å². The van der Waals surface area contributed by atoms with Gasteiger partial charge >= 0.3 is 0 Å². The Morgan fingerprint density at radius 2 is 2.23 bits per heavy atom. The summed E-state index contributed by atoms with van der Waals surface area (Å²) >= 11 is 3.06. The first kappa shape index (κ1) is 12.9. The normalized spacial score (nSPS) is 9.00. The van der Waals surface area contributed by atoms with E-state index in [1.54, 1.807) is 11.8 Å². The highest BCUT2D eigenvalue weighted by Gasteiger charge is 2.00. The Labute approximate surface area is 101 Å². The Hall–Kier alpha value is -0.0900. The van der Waals surface area contributed by atoms with Crippen molar-refractivity contribution in [3.8, 4) is 0 Å². The molecular weight excluding hydrogens is 321 g/mol. The van der Waals surface area contributed by atoms with E-state index in [-0.39, 0.29) is 29.9 Å². The van der Waals surface area contributed by atoms with Crippen LogP contribution in [-0.2, 0) is 6.54 Å². The largest absolute Gasteiger partial charge is 0.370 e. The Bertz CT molecular complexity index is 282. The topological polar surface area (TPSA) is 90.2 Å². The zero-order valence-corrected chi connectivity index (χ0v) is 10.9. The standard InChI is InChI=1S/C5H9N5S2.HI/c1-11-5-10-9-3(12-5)2-8-4(6)7;/h2H2,1H3,(H4,6,7,8);1H. The summed E-state index contributed by atoms with van der Waals surface area (Å²) in [7, 11) is 0. The third kappa shape index (κ3) is 4.62. The van der Waals surface area contributed by atoms with Gasteiger partial charge in [0.1, 0.15) is 5.01 Å². The van der Waals surface area contributed by atoms with Crippen LogP contribution in [0.4, 0.5) is 0 Å². The van der Waals surface area contributed by atoms with Crippen LogP contribution in [0.1, 0.15) is 5.01 Å². The monoisotopic (exact) mass is 331 g/mol. The van der Waals surface area contributed by atoms with Gasteiger partial charge in [0.05, 0.1) is 6.54 Å². The van der Waals surface area contributed by atoms with Gasteiger partial charge in [-0.1, -0.05) is 23.1 Å². The van der Waals surface area contributed by atoms with E-state index >= 15 is 0 Å². The fraction of sp³-hybridized carbons (Fsp3) is 0.400. The van der Waals surface area contributed by atoms with Crippen LogP contribution >= 0.6 is 47.1 Å². The summed E-state index contributed by atoms with van der Waals surface area (Å²) in [6, 6.07) is 0. The quantitative estimate of drug-likeness (QED) is 0.367. The fourth-order valence-electron chi connectivity index (χ4n) is 0.544. The van der Waals surface area contributed by atoms with Crippen molar-refractivity contribution in [2.75, 3.05) is 6.26 Å². The lowest BCUT2D eigenvalue weighted by Gasteiger charge is -1.87. The van der Waals surface area contributed by atoms with E-state index in [9.17, 15) is 0 Å². The molecule has 1 rings (SSSR count). The summed E-state index contributed by atoms with van der Waals surface area (Å²) in [6.07, 6.45) is 1.95. The highest BCUT2D eigenvalue weighted by molar-refractivity contribution is 14.0. The van der Waals surface area contributed by atoms with Gasteiger partial charge in [0.25, 0.3) is 0 Å². The molecule has 0 radical (unpaired) electrons. The molecule has 0 aliphatic heterocycles. The SMILES string of the molecule is CSc1nnc(CN=C(N)N)s1.I. The van der Waals surface area contributed by atoms with Gasteiger partial charge in [0, 0.05) is 0 Å². The first-order valence-corrected chi connectivity index (χ1v) is 5.18. The van der Waals surface area contributed by atoms with Crippen LogP contribution in [0, 0.1) is 0 Å². The second-order valence-corrected chi connectivity index (χ2v) is 4.02. The molecule has 5 nitrogen and oxygen atoms in total.